The Hall–Kier alpha value is -5.35. The molecule has 4 heteroatoms. The molecule has 0 N–H and O–H groups in total. The largest absolute Gasteiger partial charge is 0.456 e. The third-order valence-corrected chi connectivity index (χ3v) is 7.96. The lowest BCUT2D eigenvalue weighted by molar-refractivity contribution is 0.668. The minimum Gasteiger partial charge on any atom is -0.456 e. The van der Waals surface area contributed by atoms with Crippen LogP contribution in [0.15, 0.2) is 132 Å². The lowest BCUT2D eigenvalue weighted by Gasteiger charge is -2.09. The van der Waals surface area contributed by atoms with E-state index in [-0.39, 0.29) is 0 Å². The van der Waals surface area contributed by atoms with Gasteiger partial charge in [-0.2, -0.15) is 0 Å². The van der Waals surface area contributed by atoms with Crippen LogP contribution < -0.4 is 0 Å². The molecule has 0 unspecified atom stereocenters. The van der Waals surface area contributed by atoms with Crippen LogP contribution in [0.4, 0.5) is 0 Å². The second kappa shape index (κ2) is 7.59. The Bertz CT molecular complexity index is 2390. The molecule has 9 rings (SSSR count). The molecular formula is C35H21N3O. The third kappa shape index (κ3) is 2.75. The van der Waals surface area contributed by atoms with E-state index in [0.717, 1.165) is 44.5 Å². The molecule has 0 saturated carbocycles. The quantitative estimate of drug-likeness (QED) is 0.238. The van der Waals surface area contributed by atoms with Gasteiger partial charge in [0, 0.05) is 50.3 Å². The normalized spacial score (nSPS) is 12.1. The number of pyridine rings is 1. The van der Waals surface area contributed by atoms with E-state index in [1.807, 2.05) is 24.4 Å². The first-order chi connectivity index (χ1) is 19.4. The van der Waals surface area contributed by atoms with Crippen molar-refractivity contribution in [3.05, 3.63) is 128 Å². The fourth-order valence-electron chi connectivity index (χ4n) is 6.33. The Labute approximate surface area is 222 Å². The Morgan fingerprint density at radius 2 is 1.18 bits per heavy atom. The highest BCUT2D eigenvalue weighted by atomic mass is 16.3. The summed E-state index contributed by atoms with van der Waals surface area (Å²) in [7, 11) is 0. The van der Waals surface area contributed by atoms with Gasteiger partial charge in [0.15, 0.2) is 0 Å². The maximum atomic E-state index is 6.28. The zero-order valence-corrected chi connectivity index (χ0v) is 20.9. The summed E-state index contributed by atoms with van der Waals surface area (Å²) < 4.78 is 10.9. The number of hydrogen-bond acceptors (Lipinski definition) is 2. The van der Waals surface area contributed by atoms with Gasteiger partial charge >= 0.3 is 0 Å². The molecule has 0 fully saturated rings. The van der Waals surface area contributed by atoms with Crippen LogP contribution in [0, 0.1) is 0 Å². The number of fused-ring (bicyclic) bond motifs is 10. The molecule has 5 aromatic carbocycles. The number of rotatable bonds is 2. The van der Waals surface area contributed by atoms with Crippen molar-refractivity contribution in [3.8, 4) is 11.5 Å². The van der Waals surface area contributed by atoms with Crippen molar-refractivity contribution in [2.45, 2.75) is 0 Å². The molecule has 4 aromatic heterocycles. The summed E-state index contributed by atoms with van der Waals surface area (Å²) in [5, 5.41) is 6.96. The average molecular weight is 500 g/mol. The van der Waals surface area contributed by atoms with Crippen LogP contribution in [0.3, 0.4) is 0 Å². The number of nitrogens with zero attached hydrogens (tertiary/aromatic N) is 3. The summed E-state index contributed by atoms with van der Waals surface area (Å²) in [5.74, 6) is 0.844. The fraction of sp³-hybridized carbons (Fsp3) is 0. The zero-order chi connectivity index (χ0) is 25.5. The van der Waals surface area contributed by atoms with Crippen LogP contribution in [-0.2, 0) is 0 Å². The van der Waals surface area contributed by atoms with Crippen LogP contribution in [-0.4, -0.2) is 14.1 Å². The molecule has 0 atom stereocenters. The first kappa shape index (κ1) is 20.7. The molecule has 39 heavy (non-hydrogen) atoms. The zero-order valence-electron chi connectivity index (χ0n) is 20.9. The van der Waals surface area contributed by atoms with Crippen LogP contribution in [0.5, 0.6) is 0 Å². The van der Waals surface area contributed by atoms with E-state index in [9.17, 15) is 0 Å². The topological polar surface area (TPSA) is 35.9 Å². The SMILES string of the molecule is c1ccc(-n2c3ccccc3c3c2ccc2c4ccccc4n(-c4cc5oc6ccccc6c5cn4)c23)cc1. The van der Waals surface area contributed by atoms with E-state index in [2.05, 4.69) is 112 Å². The van der Waals surface area contributed by atoms with Crippen molar-refractivity contribution >= 4 is 65.6 Å². The van der Waals surface area contributed by atoms with Crippen LogP contribution in [0.1, 0.15) is 0 Å². The molecule has 182 valence electrons. The van der Waals surface area contributed by atoms with Crippen molar-refractivity contribution in [3.63, 3.8) is 0 Å². The number of benzene rings is 5. The number of aromatic nitrogens is 3. The summed E-state index contributed by atoms with van der Waals surface area (Å²) in [6.07, 6.45) is 1.95. The van der Waals surface area contributed by atoms with Crippen molar-refractivity contribution in [1.29, 1.82) is 0 Å². The highest BCUT2D eigenvalue weighted by Gasteiger charge is 2.21. The van der Waals surface area contributed by atoms with E-state index < -0.39 is 0 Å². The lowest BCUT2D eigenvalue weighted by atomic mass is 10.1. The second-order valence-corrected chi connectivity index (χ2v) is 10.0. The van der Waals surface area contributed by atoms with E-state index in [1.54, 1.807) is 0 Å². The average Bonchev–Trinajstić information content (AvgIpc) is 3.64. The van der Waals surface area contributed by atoms with Crippen LogP contribution >= 0.6 is 0 Å². The van der Waals surface area contributed by atoms with Gasteiger partial charge in [-0.15, -0.1) is 0 Å². The summed E-state index contributed by atoms with van der Waals surface area (Å²) in [4.78, 5) is 5.02. The molecule has 0 aliphatic rings. The van der Waals surface area contributed by atoms with Gasteiger partial charge in [0.2, 0.25) is 0 Å². The molecule has 0 spiro atoms. The number of furan rings is 1. The van der Waals surface area contributed by atoms with Gasteiger partial charge < -0.3 is 8.98 Å². The van der Waals surface area contributed by atoms with E-state index in [0.29, 0.717) is 0 Å². The van der Waals surface area contributed by atoms with E-state index in [1.165, 1.54) is 32.6 Å². The third-order valence-electron chi connectivity index (χ3n) is 7.96. The Morgan fingerprint density at radius 3 is 2.03 bits per heavy atom. The molecule has 4 nitrogen and oxygen atoms in total. The summed E-state index contributed by atoms with van der Waals surface area (Å²) in [6.45, 7) is 0. The molecule has 0 bridgehead atoms. The van der Waals surface area contributed by atoms with Gasteiger partial charge in [-0.3, -0.25) is 4.57 Å². The summed E-state index contributed by atoms with van der Waals surface area (Å²) in [5.41, 5.74) is 7.50. The van der Waals surface area contributed by atoms with Gasteiger partial charge in [0.05, 0.1) is 22.1 Å². The maximum absolute atomic E-state index is 6.28. The monoisotopic (exact) mass is 499 g/mol. The predicted octanol–water partition coefficient (Wildman–Crippen LogP) is 9.18. The molecule has 0 amide bonds. The Morgan fingerprint density at radius 1 is 0.487 bits per heavy atom. The predicted molar refractivity (Wildman–Crippen MR) is 160 cm³/mol. The van der Waals surface area contributed by atoms with Crippen molar-refractivity contribution in [2.75, 3.05) is 0 Å². The van der Waals surface area contributed by atoms with Crippen LogP contribution in [0.2, 0.25) is 0 Å². The number of para-hydroxylation sites is 4. The minimum atomic E-state index is 0.839. The van der Waals surface area contributed by atoms with Crippen LogP contribution in [0.25, 0.3) is 77.1 Å². The van der Waals surface area contributed by atoms with E-state index in [4.69, 9.17) is 9.40 Å². The highest BCUT2D eigenvalue weighted by Crippen LogP contribution is 2.42. The molecule has 0 saturated heterocycles. The van der Waals surface area contributed by atoms with Crippen molar-refractivity contribution in [2.24, 2.45) is 0 Å². The van der Waals surface area contributed by atoms with Gasteiger partial charge in [-0.25, -0.2) is 4.98 Å². The maximum Gasteiger partial charge on any atom is 0.141 e. The van der Waals surface area contributed by atoms with Gasteiger partial charge in [-0.05, 0) is 36.4 Å². The molecule has 0 radical (unpaired) electrons. The Balaban J connectivity index is 1.47. The first-order valence-electron chi connectivity index (χ1n) is 13.2. The Kier molecular flexibility index (Phi) is 4.02. The molecule has 0 aliphatic carbocycles. The highest BCUT2D eigenvalue weighted by molar-refractivity contribution is 6.26. The van der Waals surface area contributed by atoms with Crippen molar-refractivity contribution < 1.29 is 4.42 Å². The van der Waals surface area contributed by atoms with Crippen molar-refractivity contribution in [1.82, 2.24) is 14.1 Å². The van der Waals surface area contributed by atoms with Gasteiger partial charge in [0.25, 0.3) is 0 Å². The molecule has 0 aliphatic heterocycles. The molecular weight excluding hydrogens is 478 g/mol. The second-order valence-electron chi connectivity index (χ2n) is 10.0. The lowest BCUT2D eigenvalue weighted by Crippen LogP contribution is -1.97. The minimum absolute atomic E-state index is 0.839. The van der Waals surface area contributed by atoms with Gasteiger partial charge in [-0.1, -0.05) is 78.9 Å². The first-order valence-corrected chi connectivity index (χ1v) is 13.2. The molecule has 4 heterocycles. The molecule has 9 aromatic rings. The standard InChI is InChI=1S/C35H21N3O/c1-2-10-22(11-3-1)37-29-16-8-5-14-26(29)34-30(37)19-18-25-23-12-4-7-15-28(23)38(35(25)34)33-20-32-27(21-36-33)24-13-6-9-17-31(24)39-32/h1-21H. The van der Waals surface area contributed by atoms with E-state index >= 15 is 0 Å². The summed E-state index contributed by atoms with van der Waals surface area (Å²) >= 11 is 0. The van der Waals surface area contributed by atoms with Gasteiger partial charge in [0.1, 0.15) is 17.0 Å². The number of hydrogen-bond donors (Lipinski definition) is 0. The smallest absolute Gasteiger partial charge is 0.141 e. The summed E-state index contributed by atoms with van der Waals surface area (Å²) in [6, 6.07) is 42.6. The fourth-order valence-corrected chi connectivity index (χ4v) is 6.33.